The van der Waals surface area contributed by atoms with E-state index in [4.69, 9.17) is 18.9 Å². The quantitative estimate of drug-likeness (QED) is 0.646. The Morgan fingerprint density at radius 3 is 2.52 bits per heavy atom. The molecule has 27 heavy (non-hydrogen) atoms. The molecule has 0 saturated heterocycles. The summed E-state index contributed by atoms with van der Waals surface area (Å²) >= 11 is 0. The van der Waals surface area contributed by atoms with Gasteiger partial charge in [0.05, 0.1) is 14.2 Å². The summed E-state index contributed by atoms with van der Waals surface area (Å²) in [6.45, 7) is 0.963. The van der Waals surface area contributed by atoms with E-state index < -0.39 is 5.91 Å². The van der Waals surface area contributed by atoms with E-state index in [0.717, 1.165) is 0 Å². The van der Waals surface area contributed by atoms with E-state index in [1.54, 1.807) is 36.4 Å². The van der Waals surface area contributed by atoms with Crippen molar-refractivity contribution in [1.29, 1.82) is 5.26 Å². The Bertz CT molecular complexity index is 930. The summed E-state index contributed by atoms with van der Waals surface area (Å²) in [5.41, 5.74) is 1.11. The van der Waals surface area contributed by atoms with Crippen molar-refractivity contribution in [2.24, 2.45) is 0 Å². The van der Waals surface area contributed by atoms with Gasteiger partial charge in [-0.15, -0.1) is 0 Å². The largest absolute Gasteiger partial charge is 0.493 e. The van der Waals surface area contributed by atoms with Crippen LogP contribution in [0.1, 0.15) is 5.56 Å². The number of hydrogen-bond acceptors (Lipinski definition) is 6. The highest BCUT2D eigenvalue weighted by molar-refractivity contribution is 6.09. The maximum Gasteiger partial charge on any atom is 0.266 e. The standard InChI is InChI=1S/C20H18N2O5/c1-24-16-6-4-15(11-18(16)25-2)22-20(23)14(12-21)9-13-3-5-17-19(10-13)27-8-7-26-17/h3-6,9-11H,7-8H2,1-2H3,(H,22,23). The molecule has 0 radical (unpaired) electrons. The molecule has 1 amide bonds. The number of carbonyl (C=O) groups excluding carboxylic acids is 1. The average molecular weight is 366 g/mol. The highest BCUT2D eigenvalue weighted by Gasteiger charge is 2.14. The van der Waals surface area contributed by atoms with Gasteiger partial charge in [0.2, 0.25) is 0 Å². The number of nitrogens with zero attached hydrogens (tertiary/aromatic N) is 1. The van der Waals surface area contributed by atoms with Gasteiger partial charge in [0.25, 0.3) is 5.91 Å². The van der Waals surface area contributed by atoms with Crippen molar-refractivity contribution in [1.82, 2.24) is 0 Å². The predicted molar refractivity (Wildman–Crippen MR) is 99.2 cm³/mol. The third-order valence-corrected chi connectivity index (χ3v) is 3.88. The molecule has 1 heterocycles. The van der Waals surface area contributed by atoms with Gasteiger partial charge in [0.1, 0.15) is 24.9 Å². The number of amides is 1. The highest BCUT2D eigenvalue weighted by atomic mass is 16.6. The fourth-order valence-corrected chi connectivity index (χ4v) is 2.58. The van der Waals surface area contributed by atoms with Gasteiger partial charge >= 0.3 is 0 Å². The van der Waals surface area contributed by atoms with Crippen LogP contribution in [-0.2, 0) is 4.79 Å². The monoisotopic (exact) mass is 366 g/mol. The summed E-state index contributed by atoms with van der Waals surface area (Å²) < 4.78 is 21.4. The number of nitriles is 1. The first-order valence-electron chi connectivity index (χ1n) is 8.19. The lowest BCUT2D eigenvalue weighted by atomic mass is 10.1. The average Bonchev–Trinajstić information content (AvgIpc) is 2.71. The Hall–Kier alpha value is -3.66. The van der Waals surface area contributed by atoms with Crippen LogP contribution in [0.2, 0.25) is 0 Å². The fourth-order valence-electron chi connectivity index (χ4n) is 2.58. The zero-order valence-electron chi connectivity index (χ0n) is 14.9. The first-order valence-corrected chi connectivity index (χ1v) is 8.19. The topological polar surface area (TPSA) is 89.8 Å². The van der Waals surface area contributed by atoms with Gasteiger partial charge in [-0.1, -0.05) is 6.07 Å². The van der Waals surface area contributed by atoms with Crippen molar-refractivity contribution in [3.05, 3.63) is 47.5 Å². The molecule has 1 aliphatic heterocycles. The molecular weight excluding hydrogens is 348 g/mol. The summed E-state index contributed by atoms with van der Waals surface area (Å²) in [6.07, 6.45) is 1.49. The molecular formula is C20H18N2O5. The second kappa shape index (κ2) is 8.15. The first kappa shape index (κ1) is 18.1. The number of rotatable bonds is 5. The van der Waals surface area contributed by atoms with E-state index in [1.165, 1.54) is 20.3 Å². The third-order valence-electron chi connectivity index (χ3n) is 3.88. The molecule has 0 saturated carbocycles. The maximum absolute atomic E-state index is 12.5. The SMILES string of the molecule is COc1ccc(NC(=O)C(C#N)=Cc2ccc3c(c2)OCCO3)cc1OC. The molecule has 1 N–H and O–H groups in total. The van der Waals surface area contributed by atoms with E-state index in [9.17, 15) is 10.1 Å². The molecule has 0 unspecified atom stereocenters. The summed E-state index contributed by atoms with van der Waals surface area (Å²) in [6, 6.07) is 12.1. The minimum atomic E-state index is -0.528. The maximum atomic E-state index is 12.5. The van der Waals surface area contributed by atoms with Gasteiger partial charge in [-0.3, -0.25) is 4.79 Å². The van der Waals surface area contributed by atoms with E-state index in [0.29, 0.717) is 47.5 Å². The lowest BCUT2D eigenvalue weighted by Gasteiger charge is -2.18. The molecule has 0 atom stereocenters. The van der Waals surface area contributed by atoms with Gasteiger partial charge in [0, 0.05) is 11.8 Å². The lowest BCUT2D eigenvalue weighted by molar-refractivity contribution is -0.112. The number of methoxy groups -OCH3 is 2. The molecule has 0 fully saturated rings. The number of fused-ring (bicyclic) bond motifs is 1. The van der Waals surface area contributed by atoms with Crippen LogP contribution in [0.3, 0.4) is 0 Å². The van der Waals surface area contributed by atoms with Gasteiger partial charge in [-0.2, -0.15) is 5.26 Å². The Labute approximate surface area is 156 Å². The summed E-state index contributed by atoms with van der Waals surface area (Å²) in [5, 5.41) is 12.1. The molecule has 3 rings (SSSR count). The number of hydrogen-bond donors (Lipinski definition) is 1. The Morgan fingerprint density at radius 2 is 1.81 bits per heavy atom. The summed E-state index contributed by atoms with van der Waals surface area (Å²) in [4.78, 5) is 12.5. The van der Waals surface area contributed by atoms with Crippen LogP contribution in [0.5, 0.6) is 23.0 Å². The van der Waals surface area contributed by atoms with Gasteiger partial charge in [-0.25, -0.2) is 0 Å². The zero-order chi connectivity index (χ0) is 19.2. The van der Waals surface area contributed by atoms with Crippen molar-refractivity contribution >= 4 is 17.7 Å². The van der Waals surface area contributed by atoms with Crippen molar-refractivity contribution in [3.63, 3.8) is 0 Å². The van der Waals surface area contributed by atoms with Crippen molar-refractivity contribution in [3.8, 4) is 29.1 Å². The minimum Gasteiger partial charge on any atom is -0.493 e. The molecule has 2 aromatic rings. The molecule has 1 aliphatic rings. The molecule has 0 aliphatic carbocycles. The van der Waals surface area contributed by atoms with Crippen molar-refractivity contribution in [2.45, 2.75) is 0 Å². The van der Waals surface area contributed by atoms with Crippen LogP contribution in [-0.4, -0.2) is 33.3 Å². The van der Waals surface area contributed by atoms with E-state index in [-0.39, 0.29) is 5.57 Å². The highest BCUT2D eigenvalue weighted by Crippen LogP contribution is 2.32. The number of ether oxygens (including phenoxy) is 4. The van der Waals surface area contributed by atoms with Crippen LogP contribution in [0.15, 0.2) is 42.0 Å². The fraction of sp³-hybridized carbons (Fsp3) is 0.200. The number of nitrogens with one attached hydrogen (secondary N) is 1. The number of benzene rings is 2. The normalized spacial score (nSPS) is 12.7. The van der Waals surface area contributed by atoms with Crippen LogP contribution >= 0.6 is 0 Å². The Kier molecular flexibility index (Phi) is 5.47. The summed E-state index contributed by atoms with van der Waals surface area (Å²) in [7, 11) is 3.03. The smallest absolute Gasteiger partial charge is 0.266 e. The van der Waals surface area contributed by atoms with Crippen molar-refractivity contribution in [2.75, 3.05) is 32.8 Å². The molecule has 0 aromatic heterocycles. The first-order chi connectivity index (χ1) is 13.1. The third kappa shape index (κ3) is 4.12. The second-order valence-electron chi connectivity index (χ2n) is 5.60. The van der Waals surface area contributed by atoms with Gasteiger partial charge < -0.3 is 24.3 Å². The molecule has 2 aromatic carbocycles. The molecule has 7 heteroatoms. The molecule has 0 spiro atoms. The van der Waals surface area contributed by atoms with E-state index >= 15 is 0 Å². The second-order valence-corrected chi connectivity index (χ2v) is 5.60. The van der Waals surface area contributed by atoms with E-state index in [2.05, 4.69) is 5.32 Å². The van der Waals surface area contributed by atoms with Crippen LogP contribution < -0.4 is 24.3 Å². The number of carbonyl (C=O) groups is 1. The van der Waals surface area contributed by atoms with Crippen LogP contribution in [0.4, 0.5) is 5.69 Å². The summed E-state index contributed by atoms with van der Waals surface area (Å²) in [5.74, 6) is 1.73. The van der Waals surface area contributed by atoms with Crippen molar-refractivity contribution < 1.29 is 23.7 Å². The predicted octanol–water partition coefficient (Wildman–Crippen LogP) is 3.02. The minimum absolute atomic E-state index is 0.0403. The van der Waals surface area contributed by atoms with Crippen LogP contribution in [0, 0.1) is 11.3 Å². The van der Waals surface area contributed by atoms with Gasteiger partial charge in [-0.05, 0) is 35.9 Å². The molecule has 0 bridgehead atoms. The van der Waals surface area contributed by atoms with Gasteiger partial charge in [0.15, 0.2) is 23.0 Å². The van der Waals surface area contributed by atoms with E-state index in [1.807, 2.05) is 6.07 Å². The zero-order valence-corrected chi connectivity index (χ0v) is 14.9. The van der Waals surface area contributed by atoms with Crippen LogP contribution in [0.25, 0.3) is 6.08 Å². The molecule has 138 valence electrons. The Morgan fingerprint density at radius 1 is 1.07 bits per heavy atom. The number of anilines is 1. The lowest BCUT2D eigenvalue weighted by Crippen LogP contribution is -2.15. The molecule has 7 nitrogen and oxygen atoms in total. The Balaban J connectivity index is 1.80.